The van der Waals surface area contributed by atoms with Gasteiger partial charge < -0.3 is 10.4 Å². The Morgan fingerprint density at radius 2 is 2.18 bits per heavy atom. The van der Waals surface area contributed by atoms with Crippen molar-refractivity contribution in [2.24, 2.45) is 11.8 Å². The summed E-state index contributed by atoms with van der Waals surface area (Å²) in [7, 11) is 0. The molecule has 22 heavy (non-hydrogen) atoms. The molecule has 5 heteroatoms. The van der Waals surface area contributed by atoms with Crippen molar-refractivity contribution in [2.45, 2.75) is 45.1 Å². The number of hydrogen-bond donors (Lipinski definition) is 2. The number of hydrogen-bond acceptors (Lipinski definition) is 2. The Balaban J connectivity index is 1.82. The number of carbonyl (C=O) groups excluding carboxylic acids is 1. The lowest BCUT2D eigenvalue weighted by molar-refractivity contribution is -0.142. The lowest BCUT2D eigenvalue weighted by Crippen LogP contribution is -2.40. The zero-order valence-corrected chi connectivity index (χ0v) is 12.7. The largest absolute Gasteiger partial charge is 0.481 e. The van der Waals surface area contributed by atoms with Crippen molar-refractivity contribution in [3.63, 3.8) is 0 Å². The van der Waals surface area contributed by atoms with Gasteiger partial charge in [0.15, 0.2) is 0 Å². The molecule has 0 spiro atoms. The standard InChI is InChI=1S/C17H22FNO3/c1-11(8-12-4-2-5-13(18)10-12)9-16(20)19-15-7-3-6-14(15)17(21)22/h2,4-5,10-11,14-15H,3,6-9H2,1H3,(H,19,20)(H,21,22)/t11?,14-,15+/m0/s1. The van der Waals surface area contributed by atoms with E-state index in [0.29, 0.717) is 19.3 Å². The molecule has 2 rings (SSSR count). The molecule has 1 aliphatic carbocycles. The van der Waals surface area contributed by atoms with Crippen LogP contribution in [0.15, 0.2) is 24.3 Å². The topological polar surface area (TPSA) is 66.4 Å². The lowest BCUT2D eigenvalue weighted by atomic mass is 9.97. The minimum absolute atomic E-state index is 0.0754. The monoisotopic (exact) mass is 307 g/mol. The zero-order chi connectivity index (χ0) is 16.1. The fourth-order valence-corrected chi connectivity index (χ4v) is 3.15. The Kier molecular flexibility index (Phi) is 5.52. The Morgan fingerprint density at radius 3 is 2.86 bits per heavy atom. The lowest BCUT2D eigenvalue weighted by Gasteiger charge is -2.19. The number of nitrogens with one attached hydrogen (secondary N) is 1. The van der Waals surface area contributed by atoms with Crippen LogP contribution in [0.2, 0.25) is 0 Å². The summed E-state index contributed by atoms with van der Waals surface area (Å²) in [4.78, 5) is 23.2. The molecular weight excluding hydrogens is 285 g/mol. The van der Waals surface area contributed by atoms with Crippen LogP contribution in [0.5, 0.6) is 0 Å². The highest BCUT2D eigenvalue weighted by Crippen LogP contribution is 2.26. The molecule has 3 atom stereocenters. The molecule has 0 radical (unpaired) electrons. The molecule has 1 amide bonds. The molecule has 0 aromatic heterocycles. The molecule has 0 bridgehead atoms. The van der Waals surface area contributed by atoms with E-state index in [2.05, 4.69) is 5.32 Å². The molecule has 0 aliphatic heterocycles. The second-order valence-corrected chi connectivity index (χ2v) is 6.19. The molecule has 1 aliphatic rings. The van der Waals surface area contributed by atoms with Crippen LogP contribution >= 0.6 is 0 Å². The van der Waals surface area contributed by atoms with E-state index in [1.165, 1.54) is 12.1 Å². The van der Waals surface area contributed by atoms with Gasteiger partial charge in [0.2, 0.25) is 5.91 Å². The van der Waals surface area contributed by atoms with Crippen molar-refractivity contribution in [2.75, 3.05) is 0 Å². The average Bonchev–Trinajstić information content (AvgIpc) is 2.86. The minimum atomic E-state index is -0.837. The second kappa shape index (κ2) is 7.38. The smallest absolute Gasteiger partial charge is 0.308 e. The Morgan fingerprint density at radius 1 is 1.41 bits per heavy atom. The number of halogens is 1. The van der Waals surface area contributed by atoms with E-state index in [1.54, 1.807) is 6.07 Å². The number of aliphatic carboxylic acids is 1. The van der Waals surface area contributed by atoms with Crippen LogP contribution in [0.4, 0.5) is 4.39 Å². The van der Waals surface area contributed by atoms with Crippen LogP contribution in [0, 0.1) is 17.7 Å². The number of amides is 1. The first-order valence-corrected chi connectivity index (χ1v) is 7.72. The highest BCUT2D eigenvalue weighted by atomic mass is 19.1. The Hall–Kier alpha value is -1.91. The van der Waals surface area contributed by atoms with Crippen molar-refractivity contribution in [1.29, 1.82) is 0 Å². The summed E-state index contributed by atoms with van der Waals surface area (Å²) in [5.74, 6) is -1.63. The van der Waals surface area contributed by atoms with Gasteiger partial charge in [0.1, 0.15) is 5.82 Å². The van der Waals surface area contributed by atoms with E-state index < -0.39 is 11.9 Å². The maximum Gasteiger partial charge on any atom is 0.308 e. The van der Waals surface area contributed by atoms with Crippen LogP contribution < -0.4 is 5.32 Å². The third kappa shape index (κ3) is 4.55. The summed E-state index contributed by atoms with van der Waals surface area (Å²) >= 11 is 0. The molecule has 1 fully saturated rings. The van der Waals surface area contributed by atoms with E-state index in [0.717, 1.165) is 18.4 Å². The van der Waals surface area contributed by atoms with E-state index >= 15 is 0 Å². The molecule has 120 valence electrons. The van der Waals surface area contributed by atoms with E-state index in [9.17, 15) is 14.0 Å². The summed E-state index contributed by atoms with van der Waals surface area (Å²) in [5.41, 5.74) is 0.865. The molecule has 1 unspecified atom stereocenters. The summed E-state index contributed by atoms with van der Waals surface area (Å²) in [6, 6.07) is 6.12. The highest BCUT2D eigenvalue weighted by molar-refractivity contribution is 5.78. The third-order valence-corrected chi connectivity index (χ3v) is 4.19. The van der Waals surface area contributed by atoms with Gasteiger partial charge in [-0.05, 0) is 42.9 Å². The number of rotatable bonds is 6. The molecule has 0 saturated heterocycles. The van der Waals surface area contributed by atoms with Crippen LogP contribution in [0.1, 0.15) is 38.2 Å². The van der Waals surface area contributed by atoms with Crippen LogP contribution in [-0.2, 0) is 16.0 Å². The van der Waals surface area contributed by atoms with Crippen LogP contribution in [0.25, 0.3) is 0 Å². The van der Waals surface area contributed by atoms with Gasteiger partial charge >= 0.3 is 5.97 Å². The quantitative estimate of drug-likeness (QED) is 0.849. The first-order valence-electron chi connectivity index (χ1n) is 7.72. The summed E-state index contributed by atoms with van der Waals surface area (Å²) in [5, 5.41) is 12.0. The molecule has 2 N–H and O–H groups in total. The molecular formula is C17H22FNO3. The summed E-state index contributed by atoms with van der Waals surface area (Å²) in [6.07, 6.45) is 3.12. The normalized spacial score (nSPS) is 22.3. The Labute approximate surface area is 129 Å². The second-order valence-electron chi connectivity index (χ2n) is 6.19. The molecule has 1 aromatic carbocycles. The number of carboxylic acid groups (broad SMARTS) is 1. The predicted molar refractivity (Wildman–Crippen MR) is 80.8 cm³/mol. The van der Waals surface area contributed by atoms with Crippen molar-refractivity contribution in [1.82, 2.24) is 5.32 Å². The maximum absolute atomic E-state index is 13.1. The summed E-state index contributed by atoms with van der Waals surface area (Å²) in [6.45, 7) is 1.94. The van der Waals surface area contributed by atoms with E-state index in [1.807, 2.05) is 13.0 Å². The number of benzene rings is 1. The van der Waals surface area contributed by atoms with E-state index in [-0.39, 0.29) is 23.7 Å². The fraction of sp³-hybridized carbons (Fsp3) is 0.529. The van der Waals surface area contributed by atoms with Gasteiger partial charge in [-0.25, -0.2) is 4.39 Å². The van der Waals surface area contributed by atoms with Gasteiger partial charge in [0, 0.05) is 12.5 Å². The average molecular weight is 307 g/mol. The van der Waals surface area contributed by atoms with E-state index in [4.69, 9.17) is 5.11 Å². The first-order chi connectivity index (χ1) is 10.5. The van der Waals surface area contributed by atoms with Gasteiger partial charge in [-0.1, -0.05) is 25.5 Å². The number of carbonyl (C=O) groups is 2. The first kappa shape index (κ1) is 16.5. The van der Waals surface area contributed by atoms with Gasteiger partial charge in [-0.3, -0.25) is 9.59 Å². The van der Waals surface area contributed by atoms with Crippen molar-refractivity contribution < 1.29 is 19.1 Å². The van der Waals surface area contributed by atoms with Crippen molar-refractivity contribution >= 4 is 11.9 Å². The zero-order valence-electron chi connectivity index (χ0n) is 12.7. The maximum atomic E-state index is 13.1. The van der Waals surface area contributed by atoms with Crippen molar-refractivity contribution in [3.8, 4) is 0 Å². The molecule has 1 saturated carbocycles. The Bertz CT molecular complexity index is 546. The summed E-state index contributed by atoms with van der Waals surface area (Å²) < 4.78 is 13.1. The van der Waals surface area contributed by atoms with Gasteiger partial charge in [-0.2, -0.15) is 0 Å². The fourth-order valence-electron chi connectivity index (χ4n) is 3.15. The van der Waals surface area contributed by atoms with Gasteiger partial charge in [0.05, 0.1) is 5.92 Å². The molecule has 1 aromatic rings. The van der Waals surface area contributed by atoms with Gasteiger partial charge in [0.25, 0.3) is 0 Å². The highest BCUT2D eigenvalue weighted by Gasteiger charge is 2.33. The predicted octanol–water partition coefficient (Wildman–Crippen LogP) is 2.76. The van der Waals surface area contributed by atoms with Crippen molar-refractivity contribution in [3.05, 3.63) is 35.6 Å². The number of carboxylic acids is 1. The third-order valence-electron chi connectivity index (χ3n) is 4.19. The SMILES string of the molecule is CC(CC(=O)N[C@@H]1CCC[C@@H]1C(=O)O)Cc1cccc(F)c1. The molecule has 0 heterocycles. The van der Waals surface area contributed by atoms with Crippen LogP contribution in [0.3, 0.4) is 0 Å². The molecule has 4 nitrogen and oxygen atoms in total. The van der Waals surface area contributed by atoms with Gasteiger partial charge in [-0.15, -0.1) is 0 Å². The minimum Gasteiger partial charge on any atom is -0.481 e. The van der Waals surface area contributed by atoms with Crippen LogP contribution in [-0.4, -0.2) is 23.0 Å².